The molecule has 1 unspecified atom stereocenters. The van der Waals surface area contributed by atoms with E-state index in [1.165, 1.54) is 19.3 Å². The van der Waals surface area contributed by atoms with E-state index in [1.54, 1.807) is 0 Å². The maximum atomic E-state index is 12.6. The summed E-state index contributed by atoms with van der Waals surface area (Å²) in [5.41, 5.74) is 1.02. The summed E-state index contributed by atoms with van der Waals surface area (Å²) >= 11 is 5.99. The van der Waals surface area contributed by atoms with Gasteiger partial charge in [0.1, 0.15) is 0 Å². The number of hydrogen-bond acceptors (Lipinski definition) is 2. The first kappa shape index (κ1) is 16.6. The van der Waals surface area contributed by atoms with Crippen molar-refractivity contribution in [2.75, 3.05) is 19.7 Å². The molecule has 2 aliphatic rings. The predicted octanol–water partition coefficient (Wildman–Crippen LogP) is 3.83. The topological polar surface area (TPSA) is 41.6 Å². The van der Waals surface area contributed by atoms with Gasteiger partial charge < -0.3 is 15.0 Å². The van der Waals surface area contributed by atoms with Gasteiger partial charge in [0.15, 0.2) is 0 Å². The Hall–Kier alpha value is -1.26. The Kier molecular flexibility index (Phi) is 5.79. The molecular formula is C18H25ClN2O2. The first-order chi connectivity index (χ1) is 11.2. The molecule has 1 heterocycles. The Labute approximate surface area is 143 Å². The number of urea groups is 1. The molecule has 2 amide bonds. The van der Waals surface area contributed by atoms with Crippen molar-refractivity contribution in [1.82, 2.24) is 10.2 Å². The van der Waals surface area contributed by atoms with Crippen LogP contribution in [0.25, 0.3) is 0 Å². The average molecular weight is 337 g/mol. The molecule has 1 aliphatic carbocycles. The minimum atomic E-state index is 0.00683. The summed E-state index contributed by atoms with van der Waals surface area (Å²) < 4.78 is 5.71. The number of carbonyl (C=O) groups is 1. The molecule has 1 aromatic carbocycles. The molecule has 0 radical (unpaired) electrons. The van der Waals surface area contributed by atoms with Crippen LogP contribution in [-0.4, -0.2) is 36.7 Å². The normalized spacial score (nSPS) is 21.0. The van der Waals surface area contributed by atoms with Crippen LogP contribution < -0.4 is 5.32 Å². The van der Waals surface area contributed by atoms with Gasteiger partial charge in [-0.1, -0.05) is 30.2 Å². The summed E-state index contributed by atoms with van der Waals surface area (Å²) in [6.07, 6.45) is 6.14. The number of carbonyl (C=O) groups excluding carboxylic acids is 1. The monoisotopic (exact) mass is 336 g/mol. The number of rotatable bonds is 6. The van der Waals surface area contributed by atoms with Gasteiger partial charge >= 0.3 is 6.03 Å². The molecule has 1 N–H and O–H groups in total. The second-order valence-electron chi connectivity index (χ2n) is 6.63. The average Bonchev–Trinajstić information content (AvgIpc) is 3.00. The number of halogens is 1. The number of nitrogens with one attached hydrogen (secondary N) is 1. The molecule has 2 fully saturated rings. The minimum Gasteiger partial charge on any atom is -0.376 e. The van der Waals surface area contributed by atoms with E-state index < -0.39 is 0 Å². The number of amides is 2. The highest BCUT2D eigenvalue weighted by atomic mass is 35.5. The highest BCUT2D eigenvalue weighted by Gasteiger charge is 2.27. The van der Waals surface area contributed by atoms with Crippen molar-refractivity contribution in [1.29, 1.82) is 0 Å². The van der Waals surface area contributed by atoms with Crippen molar-refractivity contribution < 1.29 is 9.53 Å². The summed E-state index contributed by atoms with van der Waals surface area (Å²) in [5, 5.41) is 3.72. The molecule has 1 aliphatic heterocycles. The molecule has 4 nitrogen and oxygen atoms in total. The summed E-state index contributed by atoms with van der Waals surface area (Å²) in [4.78, 5) is 14.5. The summed E-state index contributed by atoms with van der Waals surface area (Å²) in [7, 11) is 0. The molecule has 1 atom stereocenters. The fourth-order valence-corrected chi connectivity index (χ4v) is 3.41. The lowest BCUT2D eigenvalue weighted by atomic mass is 9.85. The van der Waals surface area contributed by atoms with Crippen molar-refractivity contribution in [2.24, 2.45) is 5.92 Å². The van der Waals surface area contributed by atoms with Crippen molar-refractivity contribution in [3.8, 4) is 0 Å². The zero-order chi connectivity index (χ0) is 16.1. The molecule has 1 saturated carbocycles. The number of hydrogen-bond donors (Lipinski definition) is 1. The highest BCUT2D eigenvalue weighted by molar-refractivity contribution is 6.30. The Morgan fingerprint density at radius 3 is 2.78 bits per heavy atom. The molecular weight excluding hydrogens is 312 g/mol. The molecule has 3 rings (SSSR count). The lowest BCUT2D eigenvalue weighted by molar-refractivity contribution is 0.0720. The molecule has 5 heteroatoms. The van der Waals surface area contributed by atoms with Gasteiger partial charge in [0.25, 0.3) is 0 Å². The molecule has 1 aromatic rings. The van der Waals surface area contributed by atoms with Crippen molar-refractivity contribution in [3.05, 3.63) is 34.9 Å². The van der Waals surface area contributed by atoms with Crippen LogP contribution in [0.4, 0.5) is 4.79 Å². The van der Waals surface area contributed by atoms with Crippen molar-refractivity contribution in [2.45, 2.75) is 44.8 Å². The van der Waals surface area contributed by atoms with Gasteiger partial charge in [0.05, 0.1) is 6.10 Å². The Morgan fingerprint density at radius 1 is 1.26 bits per heavy atom. The van der Waals surface area contributed by atoms with Gasteiger partial charge in [0, 0.05) is 31.3 Å². The predicted molar refractivity (Wildman–Crippen MR) is 91.6 cm³/mol. The zero-order valence-corrected chi connectivity index (χ0v) is 14.2. The summed E-state index contributed by atoms with van der Waals surface area (Å²) in [6.45, 7) is 2.89. The third-order valence-electron chi connectivity index (χ3n) is 4.77. The number of ether oxygens (including phenoxy) is 1. The van der Waals surface area contributed by atoms with Crippen LogP contribution in [0.3, 0.4) is 0 Å². The molecule has 0 bridgehead atoms. The first-order valence-electron chi connectivity index (χ1n) is 8.59. The van der Waals surface area contributed by atoms with Crippen LogP contribution in [0.15, 0.2) is 24.3 Å². The lowest BCUT2D eigenvalue weighted by Crippen LogP contribution is -2.46. The molecule has 0 spiro atoms. The fraction of sp³-hybridized carbons (Fsp3) is 0.611. The first-order valence-corrected chi connectivity index (χ1v) is 8.97. The second kappa shape index (κ2) is 8.02. The molecule has 126 valence electrons. The smallest absolute Gasteiger partial charge is 0.317 e. The lowest BCUT2D eigenvalue weighted by Gasteiger charge is -2.33. The largest absolute Gasteiger partial charge is 0.376 e. The van der Waals surface area contributed by atoms with Gasteiger partial charge in [-0.05, 0) is 49.3 Å². The van der Waals surface area contributed by atoms with E-state index in [2.05, 4.69) is 5.32 Å². The van der Waals surface area contributed by atoms with Crippen LogP contribution in [0, 0.1) is 5.92 Å². The maximum Gasteiger partial charge on any atom is 0.317 e. The van der Waals surface area contributed by atoms with Crippen LogP contribution in [0.5, 0.6) is 0 Å². The van der Waals surface area contributed by atoms with E-state index in [4.69, 9.17) is 16.3 Å². The third-order valence-corrected chi connectivity index (χ3v) is 5.01. The van der Waals surface area contributed by atoms with Crippen LogP contribution in [0.2, 0.25) is 5.02 Å². The van der Waals surface area contributed by atoms with E-state index in [0.717, 1.165) is 31.6 Å². The quantitative estimate of drug-likeness (QED) is 0.857. The maximum absolute atomic E-state index is 12.6. The SMILES string of the molecule is O=C(NCc1cccc(Cl)c1)N(CC1CCC1)CC1CCCO1. The van der Waals surface area contributed by atoms with Gasteiger partial charge in [-0.3, -0.25) is 0 Å². The second-order valence-corrected chi connectivity index (χ2v) is 7.06. The van der Waals surface area contributed by atoms with Crippen LogP contribution >= 0.6 is 11.6 Å². The van der Waals surface area contributed by atoms with Crippen molar-refractivity contribution >= 4 is 17.6 Å². The highest BCUT2D eigenvalue weighted by Crippen LogP contribution is 2.27. The Morgan fingerprint density at radius 2 is 2.13 bits per heavy atom. The van der Waals surface area contributed by atoms with E-state index >= 15 is 0 Å². The van der Waals surface area contributed by atoms with Gasteiger partial charge in [-0.15, -0.1) is 0 Å². The standard InChI is InChI=1S/C18H25ClN2O2/c19-16-7-2-6-15(10-16)11-20-18(22)21(12-14-4-1-5-14)13-17-8-3-9-23-17/h2,6-7,10,14,17H,1,3-5,8-9,11-13H2,(H,20,22). The van der Waals surface area contributed by atoms with Gasteiger partial charge in [0.2, 0.25) is 0 Å². The summed E-state index contributed by atoms with van der Waals surface area (Å²) in [6, 6.07) is 7.61. The Balaban J connectivity index is 1.54. The van der Waals surface area contributed by atoms with Gasteiger partial charge in [-0.25, -0.2) is 4.79 Å². The van der Waals surface area contributed by atoms with E-state index in [-0.39, 0.29) is 12.1 Å². The number of benzene rings is 1. The van der Waals surface area contributed by atoms with Gasteiger partial charge in [-0.2, -0.15) is 0 Å². The third kappa shape index (κ3) is 4.85. The molecule has 1 saturated heterocycles. The van der Waals surface area contributed by atoms with Crippen molar-refractivity contribution in [3.63, 3.8) is 0 Å². The number of nitrogens with zero attached hydrogens (tertiary/aromatic N) is 1. The van der Waals surface area contributed by atoms with Crippen LogP contribution in [0.1, 0.15) is 37.7 Å². The summed E-state index contributed by atoms with van der Waals surface area (Å²) in [5.74, 6) is 0.660. The fourth-order valence-electron chi connectivity index (χ4n) is 3.20. The minimum absolute atomic E-state index is 0.00683. The van der Waals surface area contributed by atoms with E-state index in [1.807, 2.05) is 29.2 Å². The van der Waals surface area contributed by atoms with E-state index in [0.29, 0.717) is 24.0 Å². The molecule has 23 heavy (non-hydrogen) atoms. The molecule has 0 aromatic heterocycles. The van der Waals surface area contributed by atoms with Crippen LogP contribution in [-0.2, 0) is 11.3 Å². The zero-order valence-electron chi connectivity index (χ0n) is 13.5. The Bertz CT molecular complexity index is 528. The van der Waals surface area contributed by atoms with E-state index in [9.17, 15) is 4.79 Å².